The quantitative estimate of drug-likeness (QED) is 0.739. The molecule has 0 aromatic heterocycles. The lowest BCUT2D eigenvalue weighted by atomic mass is 9.92. The van der Waals surface area contributed by atoms with Gasteiger partial charge in [-0.15, -0.1) is 0 Å². The van der Waals surface area contributed by atoms with Crippen LogP contribution in [0.25, 0.3) is 0 Å². The van der Waals surface area contributed by atoms with Crippen LogP contribution in [0.4, 0.5) is 0 Å². The van der Waals surface area contributed by atoms with Gasteiger partial charge in [-0.1, -0.05) is 43.2 Å². The van der Waals surface area contributed by atoms with E-state index in [4.69, 9.17) is 4.74 Å². The van der Waals surface area contributed by atoms with Crippen molar-refractivity contribution >= 4 is 0 Å². The summed E-state index contributed by atoms with van der Waals surface area (Å²) < 4.78 is 5.84. The molecular formula is C17H22N2O. The average molecular weight is 270 g/mol. The van der Waals surface area contributed by atoms with Crippen molar-refractivity contribution in [3.8, 4) is 6.07 Å². The average Bonchev–Trinajstić information content (AvgIpc) is 3.38. The van der Waals surface area contributed by atoms with Gasteiger partial charge in [0.25, 0.3) is 0 Å². The van der Waals surface area contributed by atoms with E-state index in [-0.39, 0.29) is 0 Å². The van der Waals surface area contributed by atoms with Gasteiger partial charge in [0.05, 0.1) is 12.7 Å². The van der Waals surface area contributed by atoms with Gasteiger partial charge < -0.3 is 4.74 Å². The second-order valence-electron chi connectivity index (χ2n) is 6.09. The molecule has 0 amide bonds. The number of nitrogens with one attached hydrogen (secondary N) is 1. The van der Waals surface area contributed by atoms with E-state index in [9.17, 15) is 5.26 Å². The number of nitrogens with zero attached hydrogens (tertiary/aromatic N) is 1. The highest BCUT2D eigenvalue weighted by molar-refractivity contribution is 5.32. The number of hydrogen-bond acceptors (Lipinski definition) is 3. The molecule has 0 spiro atoms. The zero-order valence-corrected chi connectivity index (χ0v) is 11.8. The summed E-state index contributed by atoms with van der Waals surface area (Å²) in [4.78, 5) is 0. The molecule has 1 unspecified atom stereocenters. The molecule has 2 aliphatic carbocycles. The van der Waals surface area contributed by atoms with E-state index in [0.717, 1.165) is 24.5 Å². The molecule has 2 saturated carbocycles. The van der Waals surface area contributed by atoms with Crippen molar-refractivity contribution in [2.45, 2.75) is 43.7 Å². The summed E-state index contributed by atoms with van der Waals surface area (Å²) in [7, 11) is 0. The maximum absolute atomic E-state index is 9.73. The molecule has 20 heavy (non-hydrogen) atoms. The molecule has 0 bridgehead atoms. The van der Waals surface area contributed by atoms with Crippen LogP contribution in [0.3, 0.4) is 0 Å². The minimum atomic E-state index is -0.689. The Kier molecular flexibility index (Phi) is 4.05. The first-order valence-electron chi connectivity index (χ1n) is 7.65. The lowest BCUT2D eigenvalue weighted by Crippen LogP contribution is -2.46. The zero-order chi connectivity index (χ0) is 13.8. The molecule has 0 saturated heterocycles. The van der Waals surface area contributed by atoms with Crippen LogP contribution in [-0.2, 0) is 10.3 Å². The van der Waals surface area contributed by atoms with Crippen LogP contribution in [0, 0.1) is 17.2 Å². The maximum atomic E-state index is 9.73. The molecule has 0 radical (unpaired) electrons. The van der Waals surface area contributed by atoms with Gasteiger partial charge in [-0.25, -0.2) is 0 Å². The van der Waals surface area contributed by atoms with Crippen LogP contribution < -0.4 is 5.32 Å². The Balaban J connectivity index is 1.66. The molecule has 1 aromatic rings. The summed E-state index contributed by atoms with van der Waals surface area (Å²) in [5, 5.41) is 13.2. The van der Waals surface area contributed by atoms with Gasteiger partial charge in [-0.2, -0.15) is 5.26 Å². The molecule has 106 valence electrons. The van der Waals surface area contributed by atoms with Crippen molar-refractivity contribution in [3.63, 3.8) is 0 Å². The molecule has 3 rings (SSSR count). The number of hydrogen-bond donors (Lipinski definition) is 1. The Morgan fingerprint density at radius 2 is 1.95 bits per heavy atom. The molecule has 1 atom stereocenters. The summed E-state index contributed by atoms with van der Waals surface area (Å²) in [5.74, 6) is 0.875. The Hall–Kier alpha value is -1.37. The highest BCUT2D eigenvalue weighted by Crippen LogP contribution is 2.33. The van der Waals surface area contributed by atoms with Gasteiger partial charge in [-0.05, 0) is 30.7 Å². The van der Waals surface area contributed by atoms with Crippen molar-refractivity contribution in [1.82, 2.24) is 5.32 Å². The first-order chi connectivity index (χ1) is 9.82. The summed E-state index contributed by atoms with van der Waals surface area (Å²) >= 11 is 0. The number of rotatable bonds is 8. The Morgan fingerprint density at radius 1 is 1.20 bits per heavy atom. The fraction of sp³-hybridized carbons (Fsp3) is 0.588. The SMILES string of the molecule is N#CC(COCCC1CC1)(NC1CC1)c1ccccc1. The van der Waals surface area contributed by atoms with Crippen molar-refractivity contribution in [2.75, 3.05) is 13.2 Å². The summed E-state index contributed by atoms with van der Waals surface area (Å²) in [6, 6.07) is 12.9. The summed E-state index contributed by atoms with van der Waals surface area (Å²) in [6.45, 7) is 1.21. The van der Waals surface area contributed by atoms with Gasteiger partial charge >= 0.3 is 0 Å². The fourth-order valence-electron chi connectivity index (χ4n) is 2.52. The molecule has 0 heterocycles. The fourth-order valence-corrected chi connectivity index (χ4v) is 2.52. The van der Waals surface area contributed by atoms with Crippen LogP contribution in [-0.4, -0.2) is 19.3 Å². The molecule has 3 heteroatoms. The van der Waals surface area contributed by atoms with Gasteiger partial charge in [0.1, 0.15) is 0 Å². The van der Waals surface area contributed by atoms with Gasteiger partial charge in [-0.3, -0.25) is 5.32 Å². The summed E-state index contributed by atoms with van der Waals surface area (Å²) in [5.41, 5.74) is 0.326. The van der Waals surface area contributed by atoms with Crippen LogP contribution in [0.5, 0.6) is 0 Å². The van der Waals surface area contributed by atoms with Crippen LogP contribution in [0.15, 0.2) is 30.3 Å². The molecule has 3 nitrogen and oxygen atoms in total. The molecule has 0 aliphatic heterocycles. The molecule has 2 fully saturated rings. The van der Waals surface area contributed by atoms with Gasteiger partial charge in [0, 0.05) is 12.6 Å². The standard InChI is InChI=1S/C17H22N2O/c18-12-17(19-16-8-9-16,15-4-2-1-3-5-15)13-20-11-10-14-6-7-14/h1-5,14,16,19H,6-11,13H2. The highest BCUT2D eigenvalue weighted by atomic mass is 16.5. The first-order valence-corrected chi connectivity index (χ1v) is 7.65. The van der Waals surface area contributed by atoms with E-state index >= 15 is 0 Å². The lowest BCUT2D eigenvalue weighted by Gasteiger charge is -2.28. The normalized spacial score (nSPS) is 21.1. The van der Waals surface area contributed by atoms with E-state index in [2.05, 4.69) is 11.4 Å². The van der Waals surface area contributed by atoms with Crippen LogP contribution >= 0.6 is 0 Å². The van der Waals surface area contributed by atoms with E-state index in [1.807, 2.05) is 30.3 Å². The summed E-state index contributed by atoms with van der Waals surface area (Å²) in [6.07, 6.45) is 6.17. The van der Waals surface area contributed by atoms with E-state index in [0.29, 0.717) is 12.6 Å². The van der Waals surface area contributed by atoms with Crippen molar-refractivity contribution in [1.29, 1.82) is 5.26 Å². The minimum absolute atomic E-state index is 0.441. The van der Waals surface area contributed by atoms with E-state index in [1.54, 1.807) is 0 Å². The molecule has 1 aromatic carbocycles. The second kappa shape index (κ2) is 5.95. The number of ether oxygens (including phenoxy) is 1. The van der Waals surface area contributed by atoms with E-state index in [1.165, 1.54) is 25.7 Å². The van der Waals surface area contributed by atoms with Gasteiger partial charge in [0.15, 0.2) is 5.54 Å². The third kappa shape index (κ3) is 3.39. The van der Waals surface area contributed by atoms with Gasteiger partial charge in [0.2, 0.25) is 0 Å². The second-order valence-corrected chi connectivity index (χ2v) is 6.09. The predicted octanol–water partition coefficient (Wildman–Crippen LogP) is 2.97. The van der Waals surface area contributed by atoms with Crippen LogP contribution in [0.1, 0.15) is 37.7 Å². The van der Waals surface area contributed by atoms with Crippen LogP contribution in [0.2, 0.25) is 0 Å². The predicted molar refractivity (Wildman–Crippen MR) is 78.1 cm³/mol. The Morgan fingerprint density at radius 3 is 2.55 bits per heavy atom. The molecular weight excluding hydrogens is 248 g/mol. The third-order valence-corrected chi connectivity index (χ3v) is 4.17. The topological polar surface area (TPSA) is 45.0 Å². The Bertz CT molecular complexity index is 474. The monoisotopic (exact) mass is 270 g/mol. The minimum Gasteiger partial charge on any atom is -0.378 e. The van der Waals surface area contributed by atoms with E-state index < -0.39 is 5.54 Å². The number of benzene rings is 1. The highest BCUT2D eigenvalue weighted by Gasteiger charge is 2.38. The van der Waals surface area contributed by atoms with Crippen molar-refractivity contribution in [3.05, 3.63) is 35.9 Å². The largest absolute Gasteiger partial charge is 0.378 e. The lowest BCUT2D eigenvalue weighted by molar-refractivity contribution is 0.0834. The molecule has 2 aliphatic rings. The zero-order valence-electron chi connectivity index (χ0n) is 11.8. The first kappa shape index (κ1) is 13.6. The molecule has 1 N–H and O–H groups in total. The maximum Gasteiger partial charge on any atom is 0.156 e. The number of nitriles is 1. The van der Waals surface area contributed by atoms with Crippen molar-refractivity contribution < 1.29 is 4.74 Å². The third-order valence-electron chi connectivity index (χ3n) is 4.17. The smallest absolute Gasteiger partial charge is 0.156 e. The Labute approximate surface area is 120 Å². The van der Waals surface area contributed by atoms with Crippen molar-refractivity contribution in [2.24, 2.45) is 5.92 Å².